The highest BCUT2D eigenvalue weighted by molar-refractivity contribution is 7.89. The van der Waals surface area contributed by atoms with Crippen molar-refractivity contribution in [3.8, 4) is 5.75 Å². The molecule has 0 spiro atoms. The van der Waals surface area contributed by atoms with Gasteiger partial charge in [-0.25, -0.2) is 8.42 Å². The molecular formula is C24H27ClF3N3O4S. The number of sulfonamides is 1. The lowest BCUT2D eigenvalue weighted by atomic mass is 9.97. The quantitative estimate of drug-likeness (QED) is 0.565. The van der Waals surface area contributed by atoms with Crippen molar-refractivity contribution in [1.29, 1.82) is 0 Å². The maximum atomic E-state index is 13.2. The van der Waals surface area contributed by atoms with Crippen LogP contribution in [-0.2, 0) is 21.0 Å². The molecule has 12 heteroatoms. The molecule has 0 unspecified atom stereocenters. The SMILES string of the molecule is COc1ccc(S(=O)(=O)N2CCC[C@@H](C(=O)N3CCN(c4cccc(C(F)(F)F)c4)CC3)C2)cc1Cl. The number of nitrogens with zero attached hydrogens (tertiary/aromatic N) is 3. The summed E-state index contributed by atoms with van der Waals surface area (Å²) < 4.78 is 72.0. The molecule has 36 heavy (non-hydrogen) atoms. The van der Waals surface area contributed by atoms with Gasteiger partial charge in [-0.1, -0.05) is 17.7 Å². The first-order chi connectivity index (χ1) is 17.0. The van der Waals surface area contributed by atoms with Crippen molar-refractivity contribution < 1.29 is 31.1 Å². The summed E-state index contributed by atoms with van der Waals surface area (Å²) in [4.78, 5) is 16.8. The third-order valence-corrected chi connectivity index (χ3v) is 8.78. The summed E-state index contributed by atoms with van der Waals surface area (Å²) >= 11 is 6.11. The van der Waals surface area contributed by atoms with Crippen molar-refractivity contribution in [1.82, 2.24) is 9.21 Å². The number of piperazine rings is 1. The van der Waals surface area contributed by atoms with Gasteiger partial charge in [0.25, 0.3) is 0 Å². The Hall–Kier alpha value is -2.50. The van der Waals surface area contributed by atoms with E-state index >= 15 is 0 Å². The number of carbonyl (C=O) groups is 1. The lowest BCUT2D eigenvalue weighted by molar-refractivity contribution is -0.137. The number of anilines is 1. The number of alkyl halides is 3. The molecule has 0 aliphatic carbocycles. The van der Waals surface area contributed by atoms with Crippen LogP contribution in [0, 0.1) is 5.92 Å². The molecule has 2 aliphatic heterocycles. The minimum atomic E-state index is -4.42. The van der Waals surface area contributed by atoms with Gasteiger partial charge in [0.15, 0.2) is 0 Å². The highest BCUT2D eigenvalue weighted by Crippen LogP contribution is 2.33. The van der Waals surface area contributed by atoms with E-state index in [1.165, 1.54) is 35.7 Å². The molecule has 2 saturated heterocycles. The monoisotopic (exact) mass is 545 g/mol. The first-order valence-electron chi connectivity index (χ1n) is 11.6. The number of hydrogen-bond donors (Lipinski definition) is 0. The average Bonchev–Trinajstić information content (AvgIpc) is 2.88. The first-order valence-corrected chi connectivity index (χ1v) is 13.4. The Labute approximate surface area is 213 Å². The molecule has 0 radical (unpaired) electrons. The summed E-state index contributed by atoms with van der Waals surface area (Å²) in [7, 11) is -2.41. The van der Waals surface area contributed by atoms with Gasteiger partial charge in [0.2, 0.25) is 15.9 Å². The molecule has 2 fully saturated rings. The number of halogens is 4. The average molecular weight is 546 g/mol. The summed E-state index contributed by atoms with van der Waals surface area (Å²) in [5.74, 6) is -0.250. The van der Waals surface area contributed by atoms with Crippen LogP contribution < -0.4 is 9.64 Å². The minimum Gasteiger partial charge on any atom is -0.495 e. The van der Waals surface area contributed by atoms with Gasteiger partial charge in [0, 0.05) is 45.0 Å². The fourth-order valence-electron chi connectivity index (χ4n) is 4.64. The summed E-state index contributed by atoms with van der Waals surface area (Å²) in [5.41, 5.74) is -0.245. The van der Waals surface area contributed by atoms with Crippen LogP contribution in [0.5, 0.6) is 5.75 Å². The van der Waals surface area contributed by atoms with Crippen molar-refractivity contribution in [3.63, 3.8) is 0 Å². The van der Waals surface area contributed by atoms with Gasteiger partial charge in [-0.15, -0.1) is 0 Å². The number of carbonyl (C=O) groups excluding carboxylic acids is 1. The maximum Gasteiger partial charge on any atom is 0.416 e. The molecular weight excluding hydrogens is 519 g/mol. The van der Waals surface area contributed by atoms with E-state index in [1.54, 1.807) is 11.0 Å². The number of rotatable bonds is 5. The van der Waals surface area contributed by atoms with Crippen molar-refractivity contribution >= 4 is 33.2 Å². The smallest absolute Gasteiger partial charge is 0.416 e. The van der Waals surface area contributed by atoms with Crippen LogP contribution in [0.1, 0.15) is 18.4 Å². The lowest BCUT2D eigenvalue weighted by Gasteiger charge is -2.39. The molecule has 2 aromatic rings. The summed E-state index contributed by atoms with van der Waals surface area (Å²) in [6.45, 7) is 1.87. The molecule has 1 amide bonds. The maximum absolute atomic E-state index is 13.2. The zero-order chi connectivity index (χ0) is 26.1. The van der Waals surface area contributed by atoms with Gasteiger partial charge in [0.05, 0.1) is 28.5 Å². The van der Waals surface area contributed by atoms with Gasteiger partial charge in [-0.3, -0.25) is 4.79 Å². The largest absolute Gasteiger partial charge is 0.495 e. The molecule has 196 valence electrons. The van der Waals surface area contributed by atoms with Crippen molar-refractivity contribution in [2.75, 3.05) is 51.3 Å². The van der Waals surface area contributed by atoms with Crippen LogP contribution in [0.3, 0.4) is 0 Å². The Bertz CT molecular complexity index is 1220. The molecule has 7 nitrogen and oxygen atoms in total. The first kappa shape index (κ1) is 26.6. The van der Waals surface area contributed by atoms with Gasteiger partial charge in [-0.05, 0) is 49.2 Å². The highest BCUT2D eigenvalue weighted by Gasteiger charge is 2.36. The van der Waals surface area contributed by atoms with E-state index < -0.39 is 27.7 Å². The van der Waals surface area contributed by atoms with E-state index in [0.29, 0.717) is 57.0 Å². The Balaban J connectivity index is 1.39. The van der Waals surface area contributed by atoms with Crippen molar-refractivity contribution in [3.05, 3.63) is 53.1 Å². The van der Waals surface area contributed by atoms with Crippen LogP contribution in [0.25, 0.3) is 0 Å². The summed E-state index contributed by atoms with van der Waals surface area (Å²) in [5, 5.41) is 0.182. The van der Waals surface area contributed by atoms with Crippen molar-refractivity contribution in [2.45, 2.75) is 23.9 Å². The van der Waals surface area contributed by atoms with Gasteiger partial charge in [-0.2, -0.15) is 17.5 Å². The minimum absolute atomic E-state index is 0.0381. The zero-order valence-electron chi connectivity index (χ0n) is 19.7. The zero-order valence-corrected chi connectivity index (χ0v) is 21.2. The predicted molar refractivity (Wildman–Crippen MR) is 130 cm³/mol. The standard InChI is InChI=1S/C24H27ClF3N3O4S/c1-35-22-8-7-20(15-21(22)25)36(33,34)31-9-3-4-17(16-31)23(32)30-12-10-29(11-13-30)19-6-2-5-18(14-19)24(26,27)28/h2,5-8,14-15,17H,3-4,9-13,16H2,1H3/t17-/m1/s1. The fraction of sp³-hybridized carbons (Fsp3) is 0.458. The fourth-order valence-corrected chi connectivity index (χ4v) is 6.51. The van der Waals surface area contributed by atoms with Crippen LogP contribution in [0.15, 0.2) is 47.4 Å². The second kappa shape index (κ2) is 10.5. The third-order valence-electron chi connectivity index (χ3n) is 6.62. The molecule has 2 heterocycles. The highest BCUT2D eigenvalue weighted by atomic mass is 35.5. The van der Waals surface area contributed by atoms with Gasteiger partial charge < -0.3 is 14.5 Å². The Morgan fingerprint density at radius 3 is 2.42 bits per heavy atom. The van der Waals surface area contributed by atoms with Gasteiger partial charge in [0.1, 0.15) is 5.75 Å². The third kappa shape index (κ3) is 5.57. The number of hydrogen-bond acceptors (Lipinski definition) is 5. The Kier molecular flexibility index (Phi) is 7.72. The number of methoxy groups -OCH3 is 1. The van der Waals surface area contributed by atoms with E-state index in [9.17, 15) is 26.4 Å². The van der Waals surface area contributed by atoms with E-state index in [0.717, 1.165) is 12.1 Å². The molecule has 2 aromatic carbocycles. The second-order valence-electron chi connectivity index (χ2n) is 8.86. The molecule has 2 aliphatic rings. The number of benzene rings is 2. The van der Waals surface area contributed by atoms with Crippen LogP contribution in [0.4, 0.5) is 18.9 Å². The van der Waals surface area contributed by atoms with Crippen molar-refractivity contribution in [2.24, 2.45) is 5.92 Å². The van der Waals surface area contributed by atoms with E-state index in [4.69, 9.17) is 16.3 Å². The van der Waals surface area contributed by atoms with Crippen LogP contribution >= 0.6 is 11.6 Å². The molecule has 4 rings (SSSR count). The Morgan fingerprint density at radius 1 is 1.06 bits per heavy atom. The normalized spacial score (nSPS) is 19.9. The number of amides is 1. The van der Waals surface area contributed by atoms with E-state index in [1.807, 2.05) is 4.90 Å². The van der Waals surface area contributed by atoms with E-state index in [-0.39, 0.29) is 22.4 Å². The van der Waals surface area contributed by atoms with Crippen LogP contribution in [0.2, 0.25) is 5.02 Å². The lowest BCUT2D eigenvalue weighted by Crippen LogP contribution is -2.53. The van der Waals surface area contributed by atoms with E-state index in [2.05, 4.69) is 0 Å². The summed E-state index contributed by atoms with van der Waals surface area (Å²) in [6.07, 6.45) is -3.30. The number of piperidine rings is 1. The predicted octanol–water partition coefficient (Wildman–Crippen LogP) is 4.12. The Morgan fingerprint density at radius 2 is 1.78 bits per heavy atom. The molecule has 0 saturated carbocycles. The second-order valence-corrected chi connectivity index (χ2v) is 11.2. The summed E-state index contributed by atoms with van der Waals surface area (Å²) in [6, 6.07) is 9.42. The topological polar surface area (TPSA) is 70.2 Å². The number of ether oxygens (including phenoxy) is 1. The van der Waals surface area contributed by atoms with Crippen LogP contribution in [-0.4, -0.2) is 69.9 Å². The molecule has 0 N–H and O–H groups in total. The molecule has 1 atom stereocenters. The molecule has 0 bridgehead atoms. The molecule has 0 aromatic heterocycles. The van der Waals surface area contributed by atoms with Gasteiger partial charge >= 0.3 is 6.18 Å².